The fourth-order valence-electron chi connectivity index (χ4n) is 3.76. The first-order valence-electron chi connectivity index (χ1n) is 9.09. The number of carbonyl (C=O) groups excluding carboxylic acids is 1. The lowest BCUT2D eigenvalue weighted by Gasteiger charge is -2.34. The summed E-state index contributed by atoms with van der Waals surface area (Å²) in [6.45, 7) is 5.54. The summed E-state index contributed by atoms with van der Waals surface area (Å²) in [4.78, 5) is 14.6. The number of rotatable bonds is 4. The summed E-state index contributed by atoms with van der Waals surface area (Å²) < 4.78 is 32.8. The van der Waals surface area contributed by atoms with Gasteiger partial charge in [0.2, 0.25) is 10.0 Å². The monoisotopic (exact) mass is 381 g/mol. The van der Waals surface area contributed by atoms with Crippen LogP contribution in [0.15, 0.2) is 29.2 Å². The fourth-order valence-corrected chi connectivity index (χ4v) is 5.35. The molecule has 0 aliphatic carbocycles. The zero-order chi connectivity index (χ0) is 18.9. The zero-order valence-corrected chi connectivity index (χ0v) is 16.1. The molecule has 2 saturated heterocycles. The van der Waals surface area contributed by atoms with E-state index in [1.807, 2.05) is 13.8 Å². The van der Waals surface area contributed by atoms with Gasteiger partial charge in [0.15, 0.2) is 0 Å². The normalized spacial score (nSPS) is 27.7. The van der Waals surface area contributed by atoms with E-state index in [-0.39, 0.29) is 29.1 Å². The summed E-state index contributed by atoms with van der Waals surface area (Å²) in [6.07, 6.45) is 1.59. The van der Waals surface area contributed by atoms with Gasteiger partial charge in [0.25, 0.3) is 5.91 Å². The molecule has 1 aromatic rings. The topological polar surface area (TPSA) is 92.9 Å². The van der Waals surface area contributed by atoms with Gasteiger partial charge in [0.05, 0.1) is 17.1 Å². The van der Waals surface area contributed by atoms with Crippen LogP contribution in [0.5, 0.6) is 0 Å². The molecular weight excluding hydrogens is 354 g/mol. The average Bonchev–Trinajstić information content (AvgIpc) is 3.09. The Labute approximate surface area is 155 Å². The number of benzene rings is 1. The van der Waals surface area contributed by atoms with Crippen molar-refractivity contribution < 1.29 is 17.9 Å². The van der Waals surface area contributed by atoms with E-state index in [4.69, 9.17) is 10.5 Å². The molecule has 2 fully saturated rings. The van der Waals surface area contributed by atoms with Gasteiger partial charge in [-0.25, -0.2) is 8.42 Å². The number of carbonyl (C=O) groups is 1. The molecule has 1 aromatic carbocycles. The molecule has 144 valence electrons. The maximum atomic E-state index is 12.9. The standard InChI is InChI=1S/C18H27N3O4S/c1-13-11-20(12-14(2)25-13)26(23,24)17-7-5-15(6-8-17)18(22)21-9-3-4-16(21)10-19/h5-8,13-14,16H,3-4,9-12,19H2,1-2H3. The van der Waals surface area contributed by atoms with Crippen molar-refractivity contribution in [2.75, 3.05) is 26.2 Å². The van der Waals surface area contributed by atoms with Crippen LogP contribution in [0.4, 0.5) is 0 Å². The van der Waals surface area contributed by atoms with E-state index in [2.05, 4.69) is 0 Å². The van der Waals surface area contributed by atoms with Crippen molar-refractivity contribution in [2.45, 2.75) is 49.8 Å². The van der Waals surface area contributed by atoms with Gasteiger partial charge in [-0.3, -0.25) is 4.79 Å². The van der Waals surface area contributed by atoms with Gasteiger partial charge < -0.3 is 15.4 Å². The second-order valence-electron chi connectivity index (χ2n) is 7.13. The summed E-state index contributed by atoms with van der Waals surface area (Å²) >= 11 is 0. The Hall–Kier alpha value is -1.48. The van der Waals surface area contributed by atoms with Gasteiger partial charge in [0, 0.05) is 37.8 Å². The molecule has 2 aliphatic heterocycles. The second kappa shape index (κ2) is 7.64. The second-order valence-corrected chi connectivity index (χ2v) is 9.07. The summed E-state index contributed by atoms with van der Waals surface area (Å²) in [7, 11) is -3.60. The van der Waals surface area contributed by atoms with Gasteiger partial charge in [-0.05, 0) is 51.0 Å². The van der Waals surface area contributed by atoms with Gasteiger partial charge >= 0.3 is 0 Å². The molecule has 3 atom stereocenters. The molecule has 2 heterocycles. The number of hydrogen-bond donors (Lipinski definition) is 1. The highest BCUT2D eigenvalue weighted by molar-refractivity contribution is 7.89. The van der Waals surface area contributed by atoms with Crippen LogP contribution in [0.25, 0.3) is 0 Å². The number of ether oxygens (including phenoxy) is 1. The van der Waals surface area contributed by atoms with Crippen LogP contribution < -0.4 is 5.73 Å². The zero-order valence-electron chi connectivity index (χ0n) is 15.3. The molecule has 3 rings (SSSR count). The first kappa shape index (κ1) is 19.3. The molecule has 3 unspecified atom stereocenters. The van der Waals surface area contributed by atoms with Gasteiger partial charge in [0.1, 0.15) is 0 Å². The fraction of sp³-hybridized carbons (Fsp3) is 0.611. The van der Waals surface area contributed by atoms with Crippen molar-refractivity contribution in [1.29, 1.82) is 0 Å². The van der Waals surface area contributed by atoms with Crippen molar-refractivity contribution in [1.82, 2.24) is 9.21 Å². The minimum absolute atomic E-state index is 0.0715. The molecule has 0 aromatic heterocycles. The molecule has 7 nitrogen and oxygen atoms in total. The van der Waals surface area contributed by atoms with E-state index in [1.54, 1.807) is 17.0 Å². The van der Waals surface area contributed by atoms with Crippen LogP contribution in [0.2, 0.25) is 0 Å². The summed E-state index contributed by atoms with van der Waals surface area (Å²) in [5.74, 6) is -0.0875. The van der Waals surface area contributed by atoms with Crippen molar-refractivity contribution in [2.24, 2.45) is 5.73 Å². The van der Waals surface area contributed by atoms with Crippen molar-refractivity contribution in [3.8, 4) is 0 Å². The van der Waals surface area contributed by atoms with E-state index in [0.717, 1.165) is 12.8 Å². The maximum absolute atomic E-state index is 12.9. The van der Waals surface area contributed by atoms with Crippen LogP contribution in [-0.4, -0.2) is 68.0 Å². The Kier molecular flexibility index (Phi) is 5.67. The largest absolute Gasteiger partial charge is 0.373 e. The molecule has 0 radical (unpaired) electrons. The Morgan fingerprint density at radius 3 is 2.38 bits per heavy atom. The predicted octanol–water partition coefficient (Wildman–Crippen LogP) is 1.05. The van der Waals surface area contributed by atoms with Gasteiger partial charge in [-0.2, -0.15) is 4.31 Å². The van der Waals surface area contributed by atoms with Crippen molar-refractivity contribution in [3.05, 3.63) is 29.8 Å². The Bertz CT molecular complexity index is 740. The van der Waals surface area contributed by atoms with Crippen LogP contribution >= 0.6 is 0 Å². The Morgan fingerprint density at radius 1 is 1.19 bits per heavy atom. The Morgan fingerprint density at radius 2 is 1.81 bits per heavy atom. The number of morpholine rings is 1. The molecule has 26 heavy (non-hydrogen) atoms. The highest BCUT2D eigenvalue weighted by atomic mass is 32.2. The van der Waals surface area contributed by atoms with E-state index >= 15 is 0 Å². The minimum atomic E-state index is -3.60. The lowest BCUT2D eigenvalue weighted by molar-refractivity contribution is -0.0440. The molecule has 1 amide bonds. The average molecular weight is 381 g/mol. The maximum Gasteiger partial charge on any atom is 0.254 e. The molecule has 2 aliphatic rings. The van der Waals surface area contributed by atoms with Crippen LogP contribution in [0, 0.1) is 0 Å². The third kappa shape index (κ3) is 3.78. The van der Waals surface area contributed by atoms with E-state index < -0.39 is 10.0 Å². The third-order valence-corrected chi connectivity index (χ3v) is 6.88. The number of amides is 1. The number of likely N-dealkylation sites (tertiary alicyclic amines) is 1. The van der Waals surface area contributed by atoms with Gasteiger partial charge in [-0.15, -0.1) is 0 Å². The van der Waals surface area contributed by atoms with Gasteiger partial charge in [-0.1, -0.05) is 0 Å². The lowest BCUT2D eigenvalue weighted by atomic mass is 10.1. The lowest BCUT2D eigenvalue weighted by Crippen LogP contribution is -2.48. The third-order valence-electron chi connectivity index (χ3n) is 5.04. The smallest absolute Gasteiger partial charge is 0.254 e. The predicted molar refractivity (Wildman–Crippen MR) is 98.3 cm³/mol. The highest BCUT2D eigenvalue weighted by Gasteiger charge is 2.33. The minimum Gasteiger partial charge on any atom is -0.373 e. The molecule has 0 spiro atoms. The van der Waals surface area contributed by atoms with Crippen molar-refractivity contribution in [3.63, 3.8) is 0 Å². The Balaban J connectivity index is 1.77. The molecule has 2 N–H and O–H groups in total. The quantitative estimate of drug-likeness (QED) is 0.841. The van der Waals surface area contributed by atoms with Crippen LogP contribution in [0.3, 0.4) is 0 Å². The molecular formula is C18H27N3O4S. The summed E-state index contributed by atoms with van der Waals surface area (Å²) in [6, 6.07) is 6.28. The molecule has 8 heteroatoms. The molecule has 0 bridgehead atoms. The SMILES string of the molecule is CC1CN(S(=O)(=O)c2ccc(C(=O)N3CCCC3CN)cc2)CC(C)O1. The van der Waals surface area contributed by atoms with Crippen LogP contribution in [-0.2, 0) is 14.8 Å². The first-order valence-corrected chi connectivity index (χ1v) is 10.5. The molecule has 0 saturated carbocycles. The van der Waals surface area contributed by atoms with Crippen LogP contribution in [0.1, 0.15) is 37.0 Å². The van der Waals surface area contributed by atoms with E-state index in [9.17, 15) is 13.2 Å². The van der Waals surface area contributed by atoms with E-state index in [0.29, 0.717) is 31.7 Å². The van der Waals surface area contributed by atoms with E-state index in [1.165, 1.54) is 16.4 Å². The van der Waals surface area contributed by atoms with Crippen molar-refractivity contribution >= 4 is 15.9 Å². The number of hydrogen-bond acceptors (Lipinski definition) is 5. The highest BCUT2D eigenvalue weighted by Crippen LogP contribution is 2.23. The summed E-state index contributed by atoms with van der Waals surface area (Å²) in [5.41, 5.74) is 6.23. The number of nitrogens with two attached hydrogens (primary N) is 1. The number of nitrogens with zero attached hydrogens (tertiary/aromatic N) is 2. The first-order chi connectivity index (χ1) is 12.3. The number of sulfonamides is 1. The summed E-state index contributed by atoms with van der Waals surface area (Å²) in [5, 5.41) is 0.